The Morgan fingerprint density at radius 2 is 1.91 bits per heavy atom. The second-order valence-electron chi connectivity index (χ2n) is 6.16. The molecule has 120 valence electrons. The van der Waals surface area contributed by atoms with Crippen LogP contribution in [0.3, 0.4) is 0 Å². The van der Waals surface area contributed by atoms with E-state index in [0.29, 0.717) is 29.2 Å². The fourth-order valence-electron chi connectivity index (χ4n) is 3.78. The highest BCUT2D eigenvalue weighted by Gasteiger charge is 2.44. The normalized spacial score (nSPS) is 23.1. The summed E-state index contributed by atoms with van der Waals surface area (Å²) >= 11 is 0. The minimum absolute atomic E-state index is 0.0672. The number of carbonyl (C=O) groups is 1. The Morgan fingerprint density at radius 1 is 1.17 bits per heavy atom. The van der Waals surface area contributed by atoms with Crippen LogP contribution in [0.2, 0.25) is 0 Å². The Hall–Kier alpha value is -2.15. The first-order valence-corrected chi connectivity index (χ1v) is 7.38. The molecule has 2 aliphatic carbocycles. The molecule has 0 saturated carbocycles. The zero-order valence-corrected chi connectivity index (χ0v) is 12.0. The van der Waals surface area contributed by atoms with Crippen LogP contribution >= 0.6 is 0 Å². The Balaban J connectivity index is 2.07. The van der Waals surface area contributed by atoms with Crippen molar-refractivity contribution in [2.45, 2.75) is 24.4 Å². The van der Waals surface area contributed by atoms with Crippen molar-refractivity contribution in [2.75, 3.05) is 13.1 Å². The molecule has 23 heavy (non-hydrogen) atoms. The molecule has 4 nitrogen and oxygen atoms in total. The molecule has 2 aliphatic heterocycles. The van der Waals surface area contributed by atoms with Gasteiger partial charge >= 0.3 is 6.18 Å². The SMILES string of the molecule is O=C(c1ccc2c(=O)[nH]c=2cc2c1C1CNCC2C1)C(F)(F)F. The van der Waals surface area contributed by atoms with Crippen molar-refractivity contribution in [3.63, 3.8) is 0 Å². The minimum atomic E-state index is -4.93. The number of carbonyl (C=O) groups excluding carboxylic acids is 1. The lowest BCUT2D eigenvalue weighted by Crippen LogP contribution is -2.29. The Labute approximate surface area is 128 Å². The van der Waals surface area contributed by atoms with Gasteiger partial charge in [0.05, 0.1) is 10.6 Å². The molecule has 4 aliphatic rings. The quantitative estimate of drug-likeness (QED) is 0.790. The number of halogens is 3. The van der Waals surface area contributed by atoms with Crippen molar-refractivity contribution >= 4 is 5.78 Å². The summed E-state index contributed by atoms with van der Waals surface area (Å²) in [7, 11) is 0. The summed E-state index contributed by atoms with van der Waals surface area (Å²) in [6, 6.07) is 4.20. The van der Waals surface area contributed by atoms with Gasteiger partial charge in [-0.05, 0) is 47.6 Å². The highest BCUT2D eigenvalue weighted by molar-refractivity contribution is 6.02. The second kappa shape index (κ2) is 4.67. The van der Waals surface area contributed by atoms with E-state index in [9.17, 15) is 22.8 Å². The predicted octanol–water partition coefficient (Wildman–Crippen LogP) is 2.02. The maximum Gasteiger partial charge on any atom is 0.454 e. The van der Waals surface area contributed by atoms with E-state index in [1.807, 2.05) is 0 Å². The van der Waals surface area contributed by atoms with E-state index >= 15 is 0 Å². The Kier molecular flexibility index (Phi) is 2.93. The van der Waals surface area contributed by atoms with Gasteiger partial charge in [-0.15, -0.1) is 0 Å². The van der Waals surface area contributed by atoms with Crippen LogP contribution in [0, 0.1) is 10.6 Å². The van der Waals surface area contributed by atoms with Crippen LogP contribution < -0.4 is 10.9 Å². The molecule has 0 aromatic carbocycles. The van der Waals surface area contributed by atoms with Gasteiger partial charge in [0.1, 0.15) is 0 Å². The number of H-pyrrole nitrogens is 1. The van der Waals surface area contributed by atoms with Crippen LogP contribution in [0.15, 0.2) is 23.0 Å². The number of Topliss-reactive ketones (excluding diaryl/α,β-unsaturated/α-hetero) is 1. The van der Waals surface area contributed by atoms with Crippen molar-refractivity contribution in [3.05, 3.63) is 55.8 Å². The molecule has 0 amide bonds. The van der Waals surface area contributed by atoms with Crippen molar-refractivity contribution in [1.82, 2.24) is 10.3 Å². The summed E-state index contributed by atoms with van der Waals surface area (Å²) in [6.45, 7) is 1.23. The molecule has 0 spiro atoms. The van der Waals surface area contributed by atoms with Crippen LogP contribution in [0.4, 0.5) is 13.2 Å². The zero-order valence-electron chi connectivity index (χ0n) is 12.0. The van der Waals surface area contributed by atoms with Gasteiger partial charge in [0.25, 0.3) is 11.3 Å². The lowest BCUT2D eigenvalue weighted by atomic mass is 9.94. The number of hydrogen-bond donors (Lipinski definition) is 2. The monoisotopic (exact) mass is 322 g/mol. The van der Waals surface area contributed by atoms with Gasteiger partial charge in [0, 0.05) is 18.7 Å². The van der Waals surface area contributed by atoms with Gasteiger partial charge in [-0.1, -0.05) is 0 Å². The average molecular weight is 322 g/mol. The van der Waals surface area contributed by atoms with Crippen LogP contribution in [0.25, 0.3) is 0 Å². The number of alkyl halides is 3. The molecule has 7 heteroatoms. The number of piperidine rings is 1. The Morgan fingerprint density at radius 3 is 2.61 bits per heavy atom. The topological polar surface area (TPSA) is 62.0 Å². The van der Waals surface area contributed by atoms with E-state index < -0.39 is 12.0 Å². The minimum Gasteiger partial charge on any atom is -0.321 e. The first kappa shape index (κ1) is 14.4. The van der Waals surface area contributed by atoms with E-state index in [0.717, 1.165) is 18.1 Å². The van der Waals surface area contributed by atoms with Crippen LogP contribution in [0.5, 0.6) is 0 Å². The summed E-state index contributed by atoms with van der Waals surface area (Å²) in [6.07, 6.45) is -4.20. The average Bonchev–Trinajstić information content (AvgIpc) is 2.70. The molecule has 1 fully saturated rings. The van der Waals surface area contributed by atoms with Crippen molar-refractivity contribution < 1.29 is 18.0 Å². The number of fused-ring (bicyclic) bond motifs is 5. The summed E-state index contributed by atoms with van der Waals surface area (Å²) in [4.78, 5) is 26.1. The van der Waals surface area contributed by atoms with Crippen LogP contribution in [-0.2, 0) is 0 Å². The summed E-state index contributed by atoms with van der Waals surface area (Å²) in [5.41, 5.74) is 0.552. The third-order valence-electron chi connectivity index (χ3n) is 4.80. The lowest BCUT2D eigenvalue weighted by molar-refractivity contribution is -0.0885. The highest BCUT2D eigenvalue weighted by atomic mass is 19.4. The Bertz CT molecular complexity index is 932. The third kappa shape index (κ3) is 2.10. The van der Waals surface area contributed by atoms with E-state index in [2.05, 4.69) is 10.3 Å². The highest BCUT2D eigenvalue weighted by Crippen LogP contribution is 2.45. The zero-order chi connectivity index (χ0) is 16.4. The van der Waals surface area contributed by atoms with E-state index in [1.54, 1.807) is 6.07 Å². The number of ketones is 1. The number of rotatable bonds is 1. The van der Waals surface area contributed by atoms with Crippen molar-refractivity contribution in [2.24, 2.45) is 0 Å². The standard InChI is InChI=1S/C16H13F3N2O2/c17-16(18,19)14(22)10-2-1-9-12(21-15(9)23)4-11-7-3-8(13(10)11)6-20-5-7/h1-2,4,7-8,20H,3,5-6H2,(H,21,23). The van der Waals surface area contributed by atoms with Crippen LogP contribution in [0.1, 0.15) is 39.7 Å². The molecular formula is C16H13F3N2O2. The van der Waals surface area contributed by atoms with Crippen LogP contribution in [-0.4, -0.2) is 30.0 Å². The van der Waals surface area contributed by atoms with Gasteiger partial charge in [-0.25, -0.2) is 0 Å². The molecule has 2 unspecified atom stereocenters. The number of hydrogen-bond acceptors (Lipinski definition) is 3. The van der Waals surface area contributed by atoms with Gasteiger partial charge in [-0.3, -0.25) is 9.59 Å². The van der Waals surface area contributed by atoms with Gasteiger partial charge in [0.15, 0.2) is 0 Å². The summed E-state index contributed by atoms with van der Waals surface area (Å²) in [5, 5.41) is 4.13. The van der Waals surface area contributed by atoms with Gasteiger partial charge in [0.2, 0.25) is 0 Å². The smallest absolute Gasteiger partial charge is 0.321 e. The molecule has 1 saturated heterocycles. The molecule has 4 rings (SSSR count). The summed E-state index contributed by atoms with van der Waals surface area (Å²) in [5.74, 6) is -1.88. The fraction of sp³-hybridized carbons (Fsp3) is 0.375. The lowest BCUT2D eigenvalue weighted by Gasteiger charge is -2.20. The maximum atomic E-state index is 13.0. The van der Waals surface area contributed by atoms with Crippen molar-refractivity contribution in [1.29, 1.82) is 0 Å². The molecular weight excluding hydrogens is 309 g/mol. The largest absolute Gasteiger partial charge is 0.454 e. The molecule has 0 aromatic heterocycles. The number of aromatic nitrogens is 1. The molecule has 2 heterocycles. The van der Waals surface area contributed by atoms with Gasteiger partial charge < -0.3 is 10.3 Å². The maximum absolute atomic E-state index is 13.0. The first-order valence-electron chi connectivity index (χ1n) is 7.38. The molecule has 2 N–H and O–H groups in total. The predicted molar refractivity (Wildman–Crippen MR) is 75.7 cm³/mol. The summed E-state index contributed by atoms with van der Waals surface area (Å²) < 4.78 is 39.0. The van der Waals surface area contributed by atoms with Gasteiger partial charge in [-0.2, -0.15) is 13.2 Å². The molecule has 0 radical (unpaired) electrons. The number of nitrogens with one attached hydrogen (secondary N) is 2. The molecule has 0 aromatic rings. The van der Waals surface area contributed by atoms with E-state index in [1.165, 1.54) is 6.07 Å². The number of aromatic amines is 1. The molecule has 2 bridgehead atoms. The third-order valence-corrected chi connectivity index (χ3v) is 4.80. The van der Waals surface area contributed by atoms with E-state index in [-0.39, 0.29) is 23.0 Å². The molecule has 2 atom stereocenters. The van der Waals surface area contributed by atoms with Crippen molar-refractivity contribution in [3.8, 4) is 0 Å². The first-order chi connectivity index (χ1) is 10.9. The fourth-order valence-corrected chi connectivity index (χ4v) is 3.78. The van der Waals surface area contributed by atoms with E-state index in [4.69, 9.17) is 0 Å². The second-order valence-corrected chi connectivity index (χ2v) is 6.16.